The fourth-order valence-electron chi connectivity index (χ4n) is 3.12. The van der Waals surface area contributed by atoms with Gasteiger partial charge in [-0.2, -0.15) is 8.78 Å². The van der Waals surface area contributed by atoms with Crippen LogP contribution in [0.25, 0.3) is 0 Å². The lowest BCUT2D eigenvalue weighted by atomic mass is 9.92. The smallest absolute Gasteiger partial charge is 0.387 e. The number of sulfonamides is 1. The maximum Gasteiger partial charge on any atom is 0.387 e. The zero-order chi connectivity index (χ0) is 24.7. The molecule has 0 saturated heterocycles. The minimum absolute atomic E-state index is 0.347. The van der Waals surface area contributed by atoms with E-state index in [-0.39, 0.29) is 5.75 Å². The zero-order valence-electron chi connectivity index (χ0n) is 16.9. The average Bonchev–Trinajstić information content (AvgIpc) is 2.70. The first kappa shape index (κ1) is 24.2. The fourth-order valence-corrected chi connectivity index (χ4v) is 4.56. The lowest BCUT2D eigenvalue weighted by Gasteiger charge is -2.35. The van der Waals surface area contributed by atoms with Crippen molar-refractivity contribution in [2.24, 2.45) is 10.7 Å². The van der Waals surface area contributed by atoms with Crippen molar-refractivity contribution in [1.29, 1.82) is 0 Å². The number of amides is 1. The van der Waals surface area contributed by atoms with E-state index in [9.17, 15) is 30.8 Å². The van der Waals surface area contributed by atoms with Crippen molar-refractivity contribution in [3.8, 4) is 5.75 Å². The molecule has 0 bridgehead atoms. The summed E-state index contributed by atoms with van der Waals surface area (Å²) in [5.74, 6) is -7.76. The third kappa shape index (κ3) is 4.67. The first-order valence-corrected chi connectivity index (χ1v) is 10.6. The molecule has 1 amide bonds. The van der Waals surface area contributed by atoms with E-state index in [2.05, 4.69) is 14.7 Å². The molecular weight excluding hydrogens is 477 g/mol. The van der Waals surface area contributed by atoms with Crippen molar-refractivity contribution in [3.63, 3.8) is 0 Å². The number of hydrogen-bond donors (Lipinski definition) is 2. The number of ether oxygens (including phenoxy) is 1. The van der Waals surface area contributed by atoms with Crippen LogP contribution in [0.3, 0.4) is 0 Å². The van der Waals surface area contributed by atoms with E-state index >= 15 is 4.39 Å². The average molecular weight is 493 g/mol. The highest BCUT2D eigenvalue weighted by Crippen LogP contribution is 2.38. The molecular formula is C18H16F5N5O4S. The molecule has 1 atom stereocenters. The Bertz CT molecular complexity index is 1240. The number of benzene rings is 1. The van der Waals surface area contributed by atoms with Gasteiger partial charge < -0.3 is 15.8 Å². The van der Waals surface area contributed by atoms with E-state index in [1.807, 2.05) is 5.32 Å². The lowest BCUT2D eigenvalue weighted by molar-refractivity contribution is -0.0500. The van der Waals surface area contributed by atoms with Crippen molar-refractivity contribution < 1.29 is 39.9 Å². The number of carbonyl (C=O) groups is 1. The fraction of sp³-hybridized carbons (Fsp3) is 0.278. The normalized spacial score (nSPS) is 19.9. The number of aromatic nitrogens is 1. The number of aliphatic imine (C=N–C) groups is 1. The molecule has 1 aliphatic heterocycles. The molecule has 0 saturated carbocycles. The van der Waals surface area contributed by atoms with E-state index in [1.54, 1.807) is 0 Å². The first-order chi connectivity index (χ1) is 15.2. The number of anilines is 1. The number of hydrogen-bond acceptors (Lipinski definition) is 7. The van der Waals surface area contributed by atoms with Gasteiger partial charge in [-0.3, -0.25) is 4.79 Å². The molecule has 9 nitrogen and oxygen atoms in total. The number of rotatable bonds is 5. The molecule has 1 aromatic carbocycles. The third-order valence-corrected chi connectivity index (χ3v) is 6.65. The van der Waals surface area contributed by atoms with Gasteiger partial charge in [-0.25, -0.2) is 35.9 Å². The van der Waals surface area contributed by atoms with Crippen molar-refractivity contribution in [2.45, 2.75) is 19.1 Å². The highest BCUT2D eigenvalue weighted by molar-refractivity contribution is 7.89. The van der Waals surface area contributed by atoms with Crippen molar-refractivity contribution >= 4 is 27.6 Å². The standard InChI is InChI=1S/C18H16F5N5O4S/c1-18(7-33(30,31)28(2)17(24)27-18)12-13(20)9(19)5-11(14(12)21)26-15(29)10-4-3-8(6-25-10)32-16(22)23/h3-6,16H,7H2,1-2H3,(H2,24,27)(H,26,29)/t18-/m0/s1. The molecule has 1 aromatic heterocycles. The second-order valence-corrected chi connectivity index (χ2v) is 9.09. The molecule has 0 fully saturated rings. The second-order valence-electron chi connectivity index (χ2n) is 7.09. The lowest BCUT2D eigenvalue weighted by Crippen LogP contribution is -2.50. The number of guanidine groups is 1. The van der Waals surface area contributed by atoms with Crippen LogP contribution in [0, 0.1) is 17.5 Å². The Hall–Kier alpha value is -3.49. The van der Waals surface area contributed by atoms with Crippen LogP contribution >= 0.6 is 0 Å². The summed E-state index contributed by atoms with van der Waals surface area (Å²) in [7, 11) is -3.06. The minimum Gasteiger partial charge on any atom is -0.433 e. The Morgan fingerprint density at radius 1 is 1.27 bits per heavy atom. The van der Waals surface area contributed by atoms with Crippen molar-refractivity contribution in [1.82, 2.24) is 9.29 Å². The molecule has 3 rings (SSSR count). The van der Waals surface area contributed by atoms with E-state index < -0.39 is 74.2 Å². The molecule has 0 spiro atoms. The number of nitrogens with two attached hydrogens (primary N) is 1. The number of nitrogens with zero attached hydrogens (tertiary/aromatic N) is 3. The van der Waals surface area contributed by atoms with Gasteiger partial charge >= 0.3 is 6.61 Å². The summed E-state index contributed by atoms with van der Waals surface area (Å²) in [6, 6.07) is 2.31. The molecule has 2 heterocycles. The number of halogens is 5. The highest BCUT2D eigenvalue weighted by atomic mass is 32.2. The van der Waals surface area contributed by atoms with Gasteiger partial charge in [-0.15, -0.1) is 0 Å². The van der Waals surface area contributed by atoms with Gasteiger partial charge in [-0.1, -0.05) is 0 Å². The Labute approximate surface area is 184 Å². The Morgan fingerprint density at radius 2 is 1.94 bits per heavy atom. The van der Waals surface area contributed by atoms with Gasteiger partial charge in [0.2, 0.25) is 16.0 Å². The Kier molecular flexibility index (Phi) is 6.19. The number of pyridine rings is 1. The van der Waals surface area contributed by atoms with Crippen molar-refractivity contribution in [2.75, 3.05) is 18.1 Å². The Morgan fingerprint density at radius 3 is 2.48 bits per heavy atom. The van der Waals surface area contributed by atoms with Gasteiger partial charge in [0.05, 0.1) is 23.2 Å². The highest BCUT2D eigenvalue weighted by Gasteiger charge is 2.44. The molecule has 1 aliphatic rings. The predicted molar refractivity (Wildman–Crippen MR) is 106 cm³/mol. The summed E-state index contributed by atoms with van der Waals surface area (Å²) in [6.45, 7) is -2.08. The molecule has 0 unspecified atom stereocenters. The summed E-state index contributed by atoms with van der Waals surface area (Å²) in [4.78, 5) is 19.8. The Balaban J connectivity index is 2.00. The van der Waals surface area contributed by atoms with E-state index in [1.165, 1.54) is 0 Å². The summed E-state index contributed by atoms with van der Waals surface area (Å²) in [5, 5.41) is 1.98. The quantitative estimate of drug-likeness (QED) is 0.486. The molecule has 178 valence electrons. The molecule has 0 radical (unpaired) electrons. The van der Waals surface area contributed by atoms with Crippen LogP contribution in [0.15, 0.2) is 29.4 Å². The molecule has 33 heavy (non-hydrogen) atoms. The van der Waals surface area contributed by atoms with E-state index in [4.69, 9.17) is 5.73 Å². The molecule has 3 N–H and O–H groups in total. The van der Waals surface area contributed by atoms with Gasteiger partial charge in [0.1, 0.15) is 17.0 Å². The summed E-state index contributed by atoms with van der Waals surface area (Å²) in [5.41, 5.74) is 1.12. The SMILES string of the molecule is CN1C(N)=N[C@](C)(c2c(F)c(F)cc(NC(=O)c3ccc(OC(F)F)cn3)c2F)CS1(=O)=O. The first-order valence-electron chi connectivity index (χ1n) is 8.97. The predicted octanol–water partition coefficient (Wildman–Crippen LogP) is 2.16. The molecule has 0 aliphatic carbocycles. The summed E-state index contributed by atoms with van der Waals surface area (Å²) < 4.78 is 97.9. The van der Waals surface area contributed by atoms with Crippen LogP contribution < -0.4 is 15.8 Å². The van der Waals surface area contributed by atoms with Crippen molar-refractivity contribution in [3.05, 3.63) is 53.1 Å². The van der Waals surface area contributed by atoms with Crippen LogP contribution in [-0.4, -0.2) is 49.0 Å². The van der Waals surface area contributed by atoms with Gasteiger partial charge in [0, 0.05) is 13.1 Å². The topological polar surface area (TPSA) is 127 Å². The molecule has 2 aromatic rings. The maximum atomic E-state index is 15.2. The van der Waals surface area contributed by atoms with Crippen LogP contribution in [0.4, 0.5) is 27.6 Å². The largest absolute Gasteiger partial charge is 0.433 e. The second kappa shape index (κ2) is 8.46. The number of alkyl halides is 2. The van der Waals surface area contributed by atoms with Crippen LogP contribution in [-0.2, 0) is 15.6 Å². The summed E-state index contributed by atoms with van der Waals surface area (Å²) >= 11 is 0. The summed E-state index contributed by atoms with van der Waals surface area (Å²) in [6.07, 6.45) is 0.802. The van der Waals surface area contributed by atoms with Gasteiger partial charge in [0.15, 0.2) is 17.5 Å². The minimum atomic E-state index is -4.15. The van der Waals surface area contributed by atoms with E-state index in [0.717, 1.165) is 32.3 Å². The van der Waals surface area contributed by atoms with Gasteiger partial charge in [0.25, 0.3) is 5.91 Å². The maximum absolute atomic E-state index is 15.2. The monoisotopic (exact) mass is 493 g/mol. The van der Waals surface area contributed by atoms with Gasteiger partial charge in [-0.05, 0) is 19.1 Å². The zero-order valence-corrected chi connectivity index (χ0v) is 17.8. The number of carbonyl (C=O) groups excluding carboxylic acids is 1. The van der Waals surface area contributed by atoms with Crippen LogP contribution in [0.1, 0.15) is 23.0 Å². The molecule has 15 heteroatoms. The van der Waals surface area contributed by atoms with E-state index in [0.29, 0.717) is 10.4 Å². The third-order valence-electron chi connectivity index (χ3n) is 4.70. The number of nitrogens with one attached hydrogen (secondary N) is 1. The van der Waals surface area contributed by atoms with Crippen LogP contribution in [0.2, 0.25) is 0 Å². The van der Waals surface area contributed by atoms with Crippen LogP contribution in [0.5, 0.6) is 5.75 Å².